The van der Waals surface area contributed by atoms with E-state index in [0.717, 1.165) is 6.04 Å². The first-order valence-corrected chi connectivity index (χ1v) is 6.61. The molecule has 0 aromatic heterocycles. The zero-order chi connectivity index (χ0) is 10.7. The van der Waals surface area contributed by atoms with E-state index in [9.17, 15) is 0 Å². The van der Waals surface area contributed by atoms with Crippen LogP contribution in [-0.2, 0) is 0 Å². The van der Waals surface area contributed by atoms with Crippen LogP contribution in [0.25, 0.3) is 0 Å². The van der Waals surface area contributed by atoms with Gasteiger partial charge in [-0.1, -0.05) is 26.2 Å². The fraction of sp³-hybridized carbons (Fsp3) is 1.00. The van der Waals surface area contributed by atoms with Crippen molar-refractivity contribution in [1.29, 1.82) is 0 Å². The Labute approximate surface area is 94.4 Å². The van der Waals surface area contributed by atoms with Gasteiger partial charge in [0.25, 0.3) is 0 Å². The van der Waals surface area contributed by atoms with Crippen molar-refractivity contribution in [2.24, 2.45) is 5.41 Å². The quantitative estimate of drug-likeness (QED) is 0.768. The van der Waals surface area contributed by atoms with Crippen LogP contribution in [0.1, 0.15) is 45.4 Å². The third kappa shape index (κ3) is 2.94. The van der Waals surface area contributed by atoms with E-state index < -0.39 is 0 Å². The standard InChI is InChI=1S/C13H26N2/c1-13(7-4-3-5-8-13)11-15-9-6-12(10-15)14-2/h12,14H,3-11H2,1-2H3. The van der Waals surface area contributed by atoms with Crippen molar-refractivity contribution in [2.75, 3.05) is 26.7 Å². The van der Waals surface area contributed by atoms with Crippen molar-refractivity contribution >= 4 is 0 Å². The van der Waals surface area contributed by atoms with Gasteiger partial charge in [-0.05, 0) is 38.3 Å². The molecule has 0 radical (unpaired) electrons. The molecule has 1 saturated carbocycles. The van der Waals surface area contributed by atoms with Gasteiger partial charge in [-0.15, -0.1) is 0 Å². The van der Waals surface area contributed by atoms with Crippen LogP contribution in [0.5, 0.6) is 0 Å². The molecule has 1 unspecified atom stereocenters. The number of likely N-dealkylation sites (tertiary alicyclic amines) is 1. The molecule has 2 heteroatoms. The summed E-state index contributed by atoms with van der Waals surface area (Å²) in [6.45, 7) is 6.41. The molecule has 2 rings (SSSR count). The minimum atomic E-state index is 0.626. The molecule has 0 aromatic rings. The van der Waals surface area contributed by atoms with Gasteiger partial charge < -0.3 is 10.2 Å². The maximum atomic E-state index is 3.40. The molecule has 1 saturated heterocycles. The second-order valence-corrected chi connectivity index (χ2v) is 5.88. The molecular weight excluding hydrogens is 184 g/mol. The predicted molar refractivity (Wildman–Crippen MR) is 65.1 cm³/mol. The average molecular weight is 210 g/mol. The first-order valence-electron chi connectivity index (χ1n) is 6.61. The number of likely N-dealkylation sites (N-methyl/N-ethyl adjacent to an activating group) is 1. The lowest BCUT2D eigenvalue weighted by molar-refractivity contribution is 0.137. The Kier molecular flexibility index (Phi) is 3.68. The molecule has 2 nitrogen and oxygen atoms in total. The Morgan fingerprint density at radius 2 is 2.00 bits per heavy atom. The fourth-order valence-corrected chi connectivity index (χ4v) is 3.32. The summed E-state index contributed by atoms with van der Waals surface area (Å²) in [6.07, 6.45) is 8.63. The smallest absolute Gasteiger partial charge is 0.0204 e. The van der Waals surface area contributed by atoms with Crippen LogP contribution in [0.15, 0.2) is 0 Å². The average Bonchev–Trinajstić information content (AvgIpc) is 2.66. The highest BCUT2D eigenvalue weighted by molar-refractivity contribution is 4.87. The van der Waals surface area contributed by atoms with Crippen LogP contribution in [0.2, 0.25) is 0 Å². The monoisotopic (exact) mass is 210 g/mol. The predicted octanol–water partition coefficient (Wildman–Crippen LogP) is 2.25. The molecule has 1 aliphatic heterocycles. The van der Waals surface area contributed by atoms with Crippen LogP contribution in [0.4, 0.5) is 0 Å². The van der Waals surface area contributed by atoms with Gasteiger partial charge in [0, 0.05) is 19.1 Å². The lowest BCUT2D eigenvalue weighted by Crippen LogP contribution is -2.38. The van der Waals surface area contributed by atoms with E-state index in [-0.39, 0.29) is 0 Å². The third-order valence-electron chi connectivity index (χ3n) is 4.35. The van der Waals surface area contributed by atoms with E-state index in [1.165, 1.54) is 58.2 Å². The van der Waals surface area contributed by atoms with E-state index >= 15 is 0 Å². The summed E-state index contributed by atoms with van der Waals surface area (Å²) in [5, 5.41) is 3.40. The molecule has 1 heterocycles. The van der Waals surface area contributed by atoms with Crippen molar-refractivity contribution in [3.63, 3.8) is 0 Å². The zero-order valence-corrected chi connectivity index (χ0v) is 10.4. The Morgan fingerprint density at radius 1 is 1.27 bits per heavy atom. The van der Waals surface area contributed by atoms with Gasteiger partial charge >= 0.3 is 0 Å². The second-order valence-electron chi connectivity index (χ2n) is 5.88. The number of hydrogen-bond acceptors (Lipinski definition) is 2. The number of nitrogens with one attached hydrogen (secondary N) is 1. The van der Waals surface area contributed by atoms with E-state index in [4.69, 9.17) is 0 Å². The van der Waals surface area contributed by atoms with E-state index in [0.29, 0.717) is 5.41 Å². The van der Waals surface area contributed by atoms with Gasteiger partial charge in [-0.2, -0.15) is 0 Å². The Balaban J connectivity index is 1.80. The molecule has 0 amide bonds. The van der Waals surface area contributed by atoms with Crippen molar-refractivity contribution < 1.29 is 0 Å². The lowest BCUT2D eigenvalue weighted by Gasteiger charge is -2.37. The molecule has 1 aliphatic carbocycles. The van der Waals surface area contributed by atoms with Crippen molar-refractivity contribution in [3.05, 3.63) is 0 Å². The van der Waals surface area contributed by atoms with Gasteiger partial charge in [0.2, 0.25) is 0 Å². The Morgan fingerprint density at radius 3 is 2.60 bits per heavy atom. The normalized spacial score (nSPS) is 32.0. The molecule has 0 bridgehead atoms. The Hall–Kier alpha value is -0.0800. The van der Waals surface area contributed by atoms with Crippen LogP contribution < -0.4 is 5.32 Å². The number of hydrogen-bond donors (Lipinski definition) is 1. The summed E-state index contributed by atoms with van der Waals surface area (Å²) in [7, 11) is 2.09. The Bertz CT molecular complexity index is 197. The molecular formula is C13H26N2. The lowest BCUT2D eigenvalue weighted by atomic mass is 9.75. The molecule has 1 N–H and O–H groups in total. The van der Waals surface area contributed by atoms with Gasteiger partial charge in [-0.25, -0.2) is 0 Å². The SMILES string of the molecule is CNC1CCN(CC2(C)CCCCC2)C1. The maximum absolute atomic E-state index is 3.40. The van der Waals surface area contributed by atoms with Crippen molar-refractivity contribution in [3.8, 4) is 0 Å². The van der Waals surface area contributed by atoms with Crippen molar-refractivity contribution in [1.82, 2.24) is 10.2 Å². The van der Waals surface area contributed by atoms with E-state index in [1.54, 1.807) is 0 Å². The molecule has 2 fully saturated rings. The molecule has 0 aromatic carbocycles. The maximum Gasteiger partial charge on any atom is 0.0204 e. The largest absolute Gasteiger partial charge is 0.316 e. The van der Waals surface area contributed by atoms with Crippen LogP contribution >= 0.6 is 0 Å². The zero-order valence-electron chi connectivity index (χ0n) is 10.4. The summed E-state index contributed by atoms with van der Waals surface area (Å²) in [5.74, 6) is 0. The summed E-state index contributed by atoms with van der Waals surface area (Å²) >= 11 is 0. The molecule has 1 atom stereocenters. The fourth-order valence-electron chi connectivity index (χ4n) is 3.32. The first-order chi connectivity index (χ1) is 7.22. The molecule has 15 heavy (non-hydrogen) atoms. The van der Waals surface area contributed by atoms with Gasteiger partial charge in [0.1, 0.15) is 0 Å². The minimum absolute atomic E-state index is 0.626. The number of rotatable bonds is 3. The minimum Gasteiger partial charge on any atom is -0.316 e. The van der Waals surface area contributed by atoms with E-state index in [2.05, 4.69) is 24.2 Å². The van der Waals surface area contributed by atoms with Crippen LogP contribution in [-0.4, -0.2) is 37.6 Å². The van der Waals surface area contributed by atoms with Gasteiger partial charge in [-0.3, -0.25) is 0 Å². The highest BCUT2D eigenvalue weighted by Gasteiger charge is 2.31. The van der Waals surface area contributed by atoms with Gasteiger partial charge in [0.05, 0.1) is 0 Å². The highest BCUT2D eigenvalue weighted by Crippen LogP contribution is 2.36. The highest BCUT2D eigenvalue weighted by atomic mass is 15.2. The van der Waals surface area contributed by atoms with E-state index in [1.807, 2.05) is 0 Å². The second kappa shape index (κ2) is 4.84. The number of nitrogens with zero attached hydrogens (tertiary/aromatic N) is 1. The first kappa shape index (κ1) is 11.4. The van der Waals surface area contributed by atoms with Gasteiger partial charge in [0.15, 0.2) is 0 Å². The van der Waals surface area contributed by atoms with Crippen molar-refractivity contribution in [2.45, 2.75) is 51.5 Å². The molecule has 2 aliphatic rings. The summed E-state index contributed by atoms with van der Waals surface area (Å²) in [4.78, 5) is 2.67. The van der Waals surface area contributed by atoms with Crippen LogP contribution in [0, 0.1) is 5.41 Å². The summed E-state index contributed by atoms with van der Waals surface area (Å²) in [6, 6.07) is 0.747. The molecule has 0 spiro atoms. The third-order valence-corrected chi connectivity index (χ3v) is 4.35. The van der Waals surface area contributed by atoms with Crippen LogP contribution in [0.3, 0.4) is 0 Å². The summed E-state index contributed by atoms with van der Waals surface area (Å²) in [5.41, 5.74) is 0.626. The molecule has 88 valence electrons. The topological polar surface area (TPSA) is 15.3 Å². The summed E-state index contributed by atoms with van der Waals surface area (Å²) < 4.78 is 0.